The zero-order valence-electron chi connectivity index (χ0n) is 9.89. The number of anilines is 2. The van der Waals surface area contributed by atoms with E-state index < -0.39 is 0 Å². The topological polar surface area (TPSA) is 64.1 Å². The van der Waals surface area contributed by atoms with Gasteiger partial charge in [0, 0.05) is 0 Å². The first kappa shape index (κ1) is 15.3. The van der Waals surface area contributed by atoms with Crippen molar-refractivity contribution in [2.45, 2.75) is 34.6 Å². The molecule has 82 valence electrons. The first-order valence-corrected chi connectivity index (χ1v) is 5.07. The van der Waals surface area contributed by atoms with Crippen LogP contribution in [0.4, 0.5) is 11.4 Å². The number of hydrogen-bond donors (Lipinski definition) is 3. The molecule has 0 saturated carbocycles. The Bertz CT molecular complexity index is 234. The van der Waals surface area contributed by atoms with Crippen molar-refractivity contribution >= 4 is 11.4 Å². The monoisotopic (exact) mass is 197 g/mol. The second kappa shape index (κ2) is 9.86. The summed E-state index contributed by atoms with van der Waals surface area (Å²) in [4.78, 5) is 0. The summed E-state index contributed by atoms with van der Waals surface area (Å²) in [5.74, 6) is 5.19. The first-order chi connectivity index (χ1) is 6.75. The molecule has 3 nitrogen and oxygen atoms in total. The second-order valence-electron chi connectivity index (χ2n) is 2.18. The van der Waals surface area contributed by atoms with Gasteiger partial charge >= 0.3 is 0 Å². The van der Waals surface area contributed by atoms with Gasteiger partial charge in [0.15, 0.2) is 0 Å². The van der Waals surface area contributed by atoms with E-state index in [9.17, 15) is 0 Å². The van der Waals surface area contributed by atoms with Crippen LogP contribution in [0.2, 0.25) is 0 Å². The van der Waals surface area contributed by atoms with Crippen molar-refractivity contribution in [2.75, 3.05) is 11.2 Å². The largest absolute Gasteiger partial charge is 0.397 e. The number of benzene rings is 1. The van der Waals surface area contributed by atoms with E-state index in [4.69, 9.17) is 11.6 Å². The third kappa shape index (κ3) is 4.72. The molecule has 3 heteroatoms. The van der Waals surface area contributed by atoms with Gasteiger partial charge in [-0.05, 0) is 18.6 Å². The smallest absolute Gasteiger partial charge is 0.0718 e. The van der Waals surface area contributed by atoms with Crippen molar-refractivity contribution in [3.8, 4) is 0 Å². The fourth-order valence-electron chi connectivity index (χ4n) is 0.807. The number of nitrogens with two attached hydrogens (primary N) is 2. The van der Waals surface area contributed by atoms with Crippen LogP contribution in [0.3, 0.4) is 0 Å². The highest BCUT2D eigenvalue weighted by Crippen LogP contribution is 2.19. The summed E-state index contributed by atoms with van der Waals surface area (Å²) >= 11 is 0. The molecular formula is C11H23N3. The molecular weight excluding hydrogens is 174 g/mol. The van der Waals surface area contributed by atoms with Crippen molar-refractivity contribution < 1.29 is 0 Å². The fourth-order valence-corrected chi connectivity index (χ4v) is 0.807. The van der Waals surface area contributed by atoms with Crippen LogP contribution in [0, 0.1) is 6.92 Å². The summed E-state index contributed by atoms with van der Waals surface area (Å²) in [6.45, 7) is 9.94. The van der Waals surface area contributed by atoms with Gasteiger partial charge in [-0.15, -0.1) is 0 Å². The van der Waals surface area contributed by atoms with Gasteiger partial charge in [0.2, 0.25) is 0 Å². The number of para-hydroxylation sites is 1. The summed E-state index contributed by atoms with van der Waals surface area (Å²) in [5.41, 5.74) is 10.7. The van der Waals surface area contributed by atoms with Gasteiger partial charge < -0.3 is 11.2 Å². The van der Waals surface area contributed by atoms with E-state index >= 15 is 0 Å². The Morgan fingerprint density at radius 1 is 1.07 bits per heavy atom. The Labute approximate surface area is 87.5 Å². The van der Waals surface area contributed by atoms with E-state index in [1.807, 2.05) is 52.8 Å². The molecule has 0 heterocycles. The Hall–Kier alpha value is -1.22. The highest BCUT2D eigenvalue weighted by atomic mass is 15.2. The van der Waals surface area contributed by atoms with E-state index in [-0.39, 0.29) is 0 Å². The zero-order valence-corrected chi connectivity index (χ0v) is 9.89. The van der Waals surface area contributed by atoms with Gasteiger partial charge in [0.05, 0.1) is 11.4 Å². The molecule has 0 aliphatic heterocycles. The summed E-state index contributed by atoms with van der Waals surface area (Å²) < 4.78 is 0. The number of nitrogen functional groups attached to an aromatic ring is 2. The number of rotatable bonds is 1. The van der Waals surface area contributed by atoms with Crippen molar-refractivity contribution in [3.63, 3.8) is 0 Å². The highest BCUT2D eigenvalue weighted by Gasteiger charge is 1.96. The predicted molar refractivity (Wildman–Crippen MR) is 66.1 cm³/mol. The Morgan fingerprint density at radius 3 is 1.93 bits per heavy atom. The van der Waals surface area contributed by atoms with E-state index in [1.165, 1.54) is 0 Å². The van der Waals surface area contributed by atoms with Gasteiger partial charge in [-0.3, -0.25) is 5.84 Å². The minimum atomic E-state index is 0.713. The molecule has 0 fully saturated rings. The molecule has 5 N–H and O–H groups in total. The van der Waals surface area contributed by atoms with E-state index in [0.29, 0.717) is 5.69 Å². The van der Waals surface area contributed by atoms with Crippen LogP contribution in [0.15, 0.2) is 18.2 Å². The molecule has 14 heavy (non-hydrogen) atoms. The lowest BCUT2D eigenvalue weighted by atomic mass is 10.2. The molecule has 1 aromatic carbocycles. The van der Waals surface area contributed by atoms with Crippen molar-refractivity contribution in [3.05, 3.63) is 23.8 Å². The highest BCUT2D eigenvalue weighted by molar-refractivity contribution is 5.68. The first-order valence-electron chi connectivity index (χ1n) is 5.07. The molecule has 0 radical (unpaired) electrons. The number of aryl methyl sites for hydroxylation is 1. The Morgan fingerprint density at radius 2 is 1.57 bits per heavy atom. The van der Waals surface area contributed by atoms with Crippen LogP contribution < -0.4 is 17.0 Å². The zero-order chi connectivity index (χ0) is 11.6. The minimum absolute atomic E-state index is 0.713. The van der Waals surface area contributed by atoms with Crippen LogP contribution in [0.25, 0.3) is 0 Å². The van der Waals surface area contributed by atoms with Gasteiger partial charge in [-0.2, -0.15) is 0 Å². The van der Waals surface area contributed by atoms with E-state index in [1.54, 1.807) is 0 Å². The molecule has 0 atom stereocenters. The second-order valence-corrected chi connectivity index (χ2v) is 2.18. The third-order valence-electron chi connectivity index (χ3n) is 1.48. The van der Waals surface area contributed by atoms with Crippen LogP contribution in [0.1, 0.15) is 33.3 Å². The Balaban J connectivity index is 0. The standard InChI is InChI=1S/C7H11N3.2C2H6/c1-5-3-2-4-6(10-9)7(5)8;2*1-2/h2-4,10H,8-9H2,1H3;2*1-2H3. The lowest BCUT2D eigenvalue weighted by Crippen LogP contribution is -2.09. The van der Waals surface area contributed by atoms with Crippen molar-refractivity contribution in [1.29, 1.82) is 0 Å². The molecule has 0 aromatic heterocycles. The number of hydrogen-bond acceptors (Lipinski definition) is 3. The predicted octanol–water partition coefficient (Wildman–Crippen LogP) is 2.92. The van der Waals surface area contributed by atoms with Crippen LogP contribution in [0.5, 0.6) is 0 Å². The van der Waals surface area contributed by atoms with Gasteiger partial charge in [0.25, 0.3) is 0 Å². The summed E-state index contributed by atoms with van der Waals surface area (Å²) in [5, 5.41) is 0. The number of hydrazine groups is 1. The lowest BCUT2D eigenvalue weighted by molar-refractivity contribution is 1.34. The molecule has 0 aliphatic rings. The van der Waals surface area contributed by atoms with E-state index in [2.05, 4.69) is 5.43 Å². The van der Waals surface area contributed by atoms with Crippen LogP contribution in [-0.2, 0) is 0 Å². The average molecular weight is 197 g/mol. The summed E-state index contributed by atoms with van der Waals surface area (Å²) in [6.07, 6.45) is 0. The third-order valence-corrected chi connectivity index (χ3v) is 1.48. The summed E-state index contributed by atoms with van der Waals surface area (Å²) in [6, 6.07) is 5.68. The quantitative estimate of drug-likeness (QED) is 0.368. The summed E-state index contributed by atoms with van der Waals surface area (Å²) in [7, 11) is 0. The molecule has 1 aromatic rings. The molecule has 0 saturated heterocycles. The molecule has 0 bridgehead atoms. The molecule has 0 unspecified atom stereocenters. The maximum atomic E-state index is 5.65. The average Bonchev–Trinajstić information content (AvgIpc) is 2.28. The molecule has 0 amide bonds. The maximum Gasteiger partial charge on any atom is 0.0718 e. The SMILES string of the molecule is CC.CC.Cc1cccc(NN)c1N. The van der Waals surface area contributed by atoms with E-state index in [0.717, 1.165) is 11.3 Å². The molecule has 0 aliphatic carbocycles. The molecule has 0 spiro atoms. The fraction of sp³-hybridized carbons (Fsp3) is 0.455. The number of nitrogens with one attached hydrogen (secondary N) is 1. The van der Waals surface area contributed by atoms with Crippen LogP contribution in [-0.4, -0.2) is 0 Å². The minimum Gasteiger partial charge on any atom is -0.397 e. The van der Waals surface area contributed by atoms with Crippen LogP contribution >= 0.6 is 0 Å². The molecule has 1 rings (SSSR count). The normalized spacial score (nSPS) is 7.57. The maximum absolute atomic E-state index is 5.65. The van der Waals surface area contributed by atoms with Gasteiger partial charge in [-0.1, -0.05) is 39.8 Å². The van der Waals surface area contributed by atoms with Crippen molar-refractivity contribution in [1.82, 2.24) is 0 Å². The Kier molecular flexibility index (Phi) is 10.8. The van der Waals surface area contributed by atoms with Gasteiger partial charge in [0.1, 0.15) is 0 Å². The van der Waals surface area contributed by atoms with Gasteiger partial charge in [-0.25, -0.2) is 0 Å². The van der Waals surface area contributed by atoms with Crippen molar-refractivity contribution in [2.24, 2.45) is 5.84 Å². The lowest BCUT2D eigenvalue weighted by Gasteiger charge is -2.05.